The molecule has 1 aromatic rings. The fourth-order valence-electron chi connectivity index (χ4n) is 2.22. The van der Waals surface area contributed by atoms with Gasteiger partial charge in [0.05, 0.1) is 12.0 Å². The van der Waals surface area contributed by atoms with E-state index in [4.69, 9.17) is 4.74 Å². The number of amides is 1. The van der Waals surface area contributed by atoms with E-state index in [1.165, 1.54) is 31.2 Å². The minimum atomic E-state index is -1.59. The van der Waals surface area contributed by atoms with Gasteiger partial charge in [0.15, 0.2) is 5.54 Å². The highest BCUT2D eigenvalue weighted by Gasteiger charge is 2.47. The fraction of sp³-hybridized carbons (Fsp3) is 0.467. The molecule has 0 radical (unpaired) electrons. The number of carboxylic acids is 1. The molecular weight excluding hydrogens is 277 g/mol. The van der Waals surface area contributed by atoms with E-state index in [1.54, 1.807) is 0 Å². The maximum atomic E-state index is 13.0. The third-order valence-electron chi connectivity index (χ3n) is 3.67. The SMILES string of the molecule is CCOC1CC1C(=O)NC(C)(C(=O)O)c1ccc(F)cc1. The van der Waals surface area contributed by atoms with Gasteiger partial charge in [0.2, 0.25) is 5.91 Å². The molecule has 1 aromatic carbocycles. The molecule has 0 aromatic heterocycles. The molecule has 0 aliphatic heterocycles. The summed E-state index contributed by atoms with van der Waals surface area (Å²) < 4.78 is 18.3. The van der Waals surface area contributed by atoms with E-state index >= 15 is 0 Å². The van der Waals surface area contributed by atoms with E-state index in [0.717, 1.165) is 0 Å². The van der Waals surface area contributed by atoms with Crippen molar-refractivity contribution >= 4 is 11.9 Å². The van der Waals surface area contributed by atoms with E-state index in [0.29, 0.717) is 18.6 Å². The zero-order valence-electron chi connectivity index (χ0n) is 11.9. The van der Waals surface area contributed by atoms with Crippen molar-refractivity contribution in [2.45, 2.75) is 31.9 Å². The molecule has 1 amide bonds. The van der Waals surface area contributed by atoms with E-state index in [2.05, 4.69) is 5.32 Å². The maximum Gasteiger partial charge on any atom is 0.333 e. The van der Waals surface area contributed by atoms with Crippen LogP contribution < -0.4 is 5.32 Å². The Bertz CT molecular complexity index is 545. The highest BCUT2D eigenvalue weighted by atomic mass is 19.1. The second-order valence-electron chi connectivity index (χ2n) is 5.26. The lowest BCUT2D eigenvalue weighted by Gasteiger charge is -2.27. The molecule has 6 heteroatoms. The van der Waals surface area contributed by atoms with Gasteiger partial charge in [0.1, 0.15) is 5.82 Å². The first-order chi connectivity index (χ1) is 9.88. The lowest BCUT2D eigenvalue weighted by Crippen LogP contribution is -2.50. The molecule has 21 heavy (non-hydrogen) atoms. The Morgan fingerprint density at radius 1 is 1.43 bits per heavy atom. The standard InChI is InChI=1S/C15H18FNO4/c1-3-21-12-8-11(12)13(18)17-15(2,14(19)20)9-4-6-10(16)7-5-9/h4-7,11-12H,3,8H2,1-2H3,(H,17,18)(H,19,20). The van der Waals surface area contributed by atoms with E-state index in [9.17, 15) is 19.1 Å². The number of carbonyl (C=O) groups is 2. The number of ether oxygens (including phenoxy) is 1. The monoisotopic (exact) mass is 295 g/mol. The van der Waals surface area contributed by atoms with Crippen LogP contribution in [0, 0.1) is 11.7 Å². The molecule has 0 bridgehead atoms. The Labute approximate surface area is 122 Å². The number of hydrogen-bond acceptors (Lipinski definition) is 3. The first-order valence-corrected chi connectivity index (χ1v) is 6.81. The van der Waals surface area contributed by atoms with E-state index in [-0.39, 0.29) is 17.9 Å². The Balaban J connectivity index is 2.14. The molecule has 5 nitrogen and oxygen atoms in total. The number of aliphatic carboxylic acids is 1. The molecule has 1 saturated carbocycles. The summed E-state index contributed by atoms with van der Waals surface area (Å²) in [7, 11) is 0. The summed E-state index contributed by atoms with van der Waals surface area (Å²) in [6.07, 6.45) is 0.458. The number of halogens is 1. The highest BCUT2D eigenvalue weighted by Crippen LogP contribution is 2.35. The summed E-state index contributed by atoms with van der Waals surface area (Å²) >= 11 is 0. The predicted molar refractivity (Wildman–Crippen MR) is 73.1 cm³/mol. The molecule has 1 fully saturated rings. The summed E-state index contributed by atoms with van der Waals surface area (Å²) in [5.41, 5.74) is -1.28. The molecule has 1 aliphatic carbocycles. The van der Waals surface area contributed by atoms with Crippen molar-refractivity contribution in [2.24, 2.45) is 5.92 Å². The van der Waals surface area contributed by atoms with Gasteiger partial charge in [-0.05, 0) is 38.0 Å². The maximum absolute atomic E-state index is 13.0. The molecular formula is C15H18FNO4. The second-order valence-corrected chi connectivity index (χ2v) is 5.26. The number of rotatable bonds is 6. The quantitative estimate of drug-likeness (QED) is 0.837. The van der Waals surface area contributed by atoms with Crippen LogP contribution in [-0.2, 0) is 19.9 Å². The Morgan fingerprint density at radius 2 is 2.05 bits per heavy atom. The molecule has 2 N–H and O–H groups in total. The summed E-state index contributed by atoms with van der Waals surface area (Å²) in [5, 5.41) is 12.0. The third kappa shape index (κ3) is 3.21. The van der Waals surface area contributed by atoms with Crippen LogP contribution in [0.2, 0.25) is 0 Å². The minimum absolute atomic E-state index is 0.138. The third-order valence-corrected chi connectivity index (χ3v) is 3.67. The second kappa shape index (κ2) is 5.81. The highest BCUT2D eigenvalue weighted by molar-refractivity contribution is 5.90. The topological polar surface area (TPSA) is 75.6 Å². The average molecular weight is 295 g/mol. The van der Waals surface area contributed by atoms with Crippen LogP contribution in [0.15, 0.2) is 24.3 Å². The molecule has 1 aliphatic rings. The number of carbonyl (C=O) groups excluding carboxylic acids is 1. The van der Waals surface area contributed by atoms with Crippen molar-refractivity contribution in [2.75, 3.05) is 6.61 Å². The fourth-order valence-corrected chi connectivity index (χ4v) is 2.22. The van der Waals surface area contributed by atoms with Gasteiger partial charge in [-0.15, -0.1) is 0 Å². The van der Waals surface area contributed by atoms with Crippen molar-refractivity contribution in [1.29, 1.82) is 0 Å². The van der Waals surface area contributed by atoms with Crippen molar-refractivity contribution in [1.82, 2.24) is 5.32 Å². The van der Waals surface area contributed by atoms with Crippen LogP contribution in [0.3, 0.4) is 0 Å². The van der Waals surface area contributed by atoms with E-state index in [1.807, 2.05) is 6.92 Å². The number of carboxylic acid groups (broad SMARTS) is 1. The van der Waals surface area contributed by atoms with Crippen LogP contribution in [0.1, 0.15) is 25.8 Å². The minimum Gasteiger partial charge on any atom is -0.479 e. The van der Waals surface area contributed by atoms with Crippen molar-refractivity contribution in [3.8, 4) is 0 Å². The largest absolute Gasteiger partial charge is 0.479 e. The smallest absolute Gasteiger partial charge is 0.333 e. The van der Waals surface area contributed by atoms with Crippen LogP contribution in [-0.4, -0.2) is 29.7 Å². The van der Waals surface area contributed by atoms with Crippen LogP contribution in [0.4, 0.5) is 4.39 Å². The zero-order chi connectivity index (χ0) is 15.6. The number of hydrogen-bond donors (Lipinski definition) is 2. The molecule has 114 valence electrons. The molecule has 0 heterocycles. The van der Waals surface area contributed by atoms with Gasteiger partial charge < -0.3 is 15.2 Å². The van der Waals surface area contributed by atoms with Gasteiger partial charge in [0, 0.05) is 6.61 Å². The van der Waals surface area contributed by atoms with Crippen molar-refractivity contribution in [3.05, 3.63) is 35.6 Å². The van der Waals surface area contributed by atoms with Gasteiger partial charge >= 0.3 is 5.97 Å². The number of nitrogens with one attached hydrogen (secondary N) is 1. The van der Waals surface area contributed by atoms with Gasteiger partial charge in [0.25, 0.3) is 0 Å². The van der Waals surface area contributed by atoms with Crippen LogP contribution in [0.5, 0.6) is 0 Å². The molecule has 3 unspecified atom stereocenters. The summed E-state index contributed by atoms with van der Waals surface area (Å²) in [4.78, 5) is 23.7. The Kier molecular flexibility index (Phi) is 4.27. The van der Waals surface area contributed by atoms with E-state index < -0.39 is 17.3 Å². The van der Waals surface area contributed by atoms with Crippen LogP contribution in [0.25, 0.3) is 0 Å². The Hall–Kier alpha value is -1.95. The zero-order valence-corrected chi connectivity index (χ0v) is 11.9. The van der Waals surface area contributed by atoms with Crippen molar-refractivity contribution in [3.63, 3.8) is 0 Å². The van der Waals surface area contributed by atoms with Crippen molar-refractivity contribution < 1.29 is 23.8 Å². The van der Waals surface area contributed by atoms with Gasteiger partial charge in [-0.25, -0.2) is 9.18 Å². The molecule has 0 spiro atoms. The lowest BCUT2D eigenvalue weighted by molar-refractivity contribution is -0.147. The number of benzene rings is 1. The first kappa shape index (κ1) is 15.4. The Morgan fingerprint density at radius 3 is 2.57 bits per heavy atom. The molecule has 2 rings (SSSR count). The molecule has 3 atom stereocenters. The normalized spacial score (nSPS) is 23.2. The van der Waals surface area contributed by atoms with Gasteiger partial charge in [-0.1, -0.05) is 12.1 Å². The first-order valence-electron chi connectivity index (χ1n) is 6.81. The average Bonchev–Trinajstić information content (AvgIpc) is 3.19. The van der Waals surface area contributed by atoms with Gasteiger partial charge in [-0.3, -0.25) is 4.79 Å². The predicted octanol–water partition coefficient (Wildman–Crippen LogP) is 1.67. The summed E-state index contributed by atoms with van der Waals surface area (Å²) in [6.45, 7) is 3.74. The summed E-state index contributed by atoms with van der Waals surface area (Å²) in [5.74, 6) is -2.33. The summed E-state index contributed by atoms with van der Waals surface area (Å²) in [6, 6.07) is 5.05. The molecule has 0 saturated heterocycles. The van der Waals surface area contributed by atoms with Gasteiger partial charge in [-0.2, -0.15) is 0 Å². The van der Waals surface area contributed by atoms with Crippen LogP contribution >= 0.6 is 0 Å². The lowest BCUT2D eigenvalue weighted by atomic mass is 9.91.